The molecule has 1 aromatic carbocycles. The summed E-state index contributed by atoms with van der Waals surface area (Å²) in [5, 5.41) is 2.86. The first kappa shape index (κ1) is 16.6. The van der Waals surface area contributed by atoms with Crippen LogP contribution in [0, 0.1) is 11.6 Å². The molecule has 0 radical (unpaired) electrons. The summed E-state index contributed by atoms with van der Waals surface area (Å²) in [6, 6.07) is 7.29. The van der Waals surface area contributed by atoms with Crippen molar-refractivity contribution >= 4 is 5.91 Å². The molecule has 6 heteroatoms. The fourth-order valence-corrected chi connectivity index (χ4v) is 3.22. The van der Waals surface area contributed by atoms with Gasteiger partial charge in [0.05, 0.1) is 6.04 Å². The van der Waals surface area contributed by atoms with E-state index in [1.54, 1.807) is 0 Å². The molecular formula is C18H21F2N3O. The van der Waals surface area contributed by atoms with Crippen LogP contribution in [0.3, 0.4) is 0 Å². The molecular weight excluding hydrogens is 312 g/mol. The molecule has 2 heterocycles. The fraction of sp³-hybridized carbons (Fsp3) is 0.389. The van der Waals surface area contributed by atoms with Crippen LogP contribution < -0.4 is 5.32 Å². The standard InChI is InChI=1S/C18H21F2N3O/c1-22-8-4-5-16(22)17(23-9-2-3-10-23)12-21-18(24)13-6-7-14(19)15(20)11-13/h4-8,11,17H,2-3,9-10,12H2,1H3,(H,21,24). The van der Waals surface area contributed by atoms with Gasteiger partial charge < -0.3 is 9.88 Å². The number of carbonyl (C=O) groups is 1. The number of rotatable bonds is 5. The number of amides is 1. The topological polar surface area (TPSA) is 37.3 Å². The minimum Gasteiger partial charge on any atom is -0.353 e. The largest absolute Gasteiger partial charge is 0.353 e. The van der Waals surface area contributed by atoms with Crippen molar-refractivity contribution < 1.29 is 13.6 Å². The molecule has 1 unspecified atom stereocenters. The van der Waals surface area contributed by atoms with Gasteiger partial charge in [-0.25, -0.2) is 8.78 Å². The molecule has 1 aliphatic rings. The molecule has 128 valence electrons. The first-order valence-corrected chi connectivity index (χ1v) is 8.15. The number of aryl methyl sites for hydroxylation is 1. The van der Waals surface area contributed by atoms with E-state index >= 15 is 0 Å². The number of halogens is 2. The number of carbonyl (C=O) groups excluding carboxylic acids is 1. The van der Waals surface area contributed by atoms with Crippen molar-refractivity contribution in [1.82, 2.24) is 14.8 Å². The molecule has 1 aliphatic heterocycles. The van der Waals surface area contributed by atoms with Crippen LogP contribution in [0.15, 0.2) is 36.5 Å². The molecule has 1 aromatic heterocycles. The Morgan fingerprint density at radius 2 is 1.96 bits per heavy atom. The Kier molecular flexibility index (Phi) is 4.94. The number of nitrogens with zero attached hydrogens (tertiary/aromatic N) is 2. The van der Waals surface area contributed by atoms with Crippen molar-refractivity contribution in [2.45, 2.75) is 18.9 Å². The minimum atomic E-state index is -1.01. The predicted octanol–water partition coefficient (Wildman–Crippen LogP) is 2.87. The van der Waals surface area contributed by atoms with Gasteiger partial charge in [0.25, 0.3) is 5.91 Å². The molecule has 0 spiro atoms. The predicted molar refractivity (Wildman–Crippen MR) is 87.7 cm³/mol. The summed E-state index contributed by atoms with van der Waals surface area (Å²) in [5.74, 6) is -2.36. The lowest BCUT2D eigenvalue weighted by Crippen LogP contribution is -2.37. The van der Waals surface area contributed by atoms with Gasteiger partial charge in [0.15, 0.2) is 11.6 Å². The Labute approximate surface area is 140 Å². The summed E-state index contributed by atoms with van der Waals surface area (Å²) < 4.78 is 28.3. The zero-order valence-corrected chi connectivity index (χ0v) is 13.6. The zero-order chi connectivity index (χ0) is 17.1. The van der Waals surface area contributed by atoms with E-state index < -0.39 is 17.5 Å². The van der Waals surface area contributed by atoms with Crippen LogP contribution in [-0.2, 0) is 7.05 Å². The highest BCUT2D eigenvalue weighted by molar-refractivity contribution is 5.94. The molecule has 1 atom stereocenters. The highest BCUT2D eigenvalue weighted by atomic mass is 19.2. The summed E-state index contributed by atoms with van der Waals surface area (Å²) in [4.78, 5) is 14.6. The monoisotopic (exact) mass is 333 g/mol. The second kappa shape index (κ2) is 7.13. The molecule has 0 saturated carbocycles. The molecule has 0 bridgehead atoms. The van der Waals surface area contributed by atoms with Crippen LogP contribution in [0.1, 0.15) is 34.9 Å². The van der Waals surface area contributed by atoms with Crippen molar-refractivity contribution in [1.29, 1.82) is 0 Å². The van der Waals surface area contributed by atoms with Crippen LogP contribution >= 0.6 is 0 Å². The molecule has 0 aliphatic carbocycles. The van der Waals surface area contributed by atoms with Crippen molar-refractivity contribution in [2.75, 3.05) is 19.6 Å². The van der Waals surface area contributed by atoms with Crippen molar-refractivity contribution in [3.63, 3.8) is 0 Å². The molecule has 1 N–H and O–H groups in total. The highest BCUT2D eigenvalue weighted by Gasteiger charge is 2.25. The smallest absolute Gasteiger partial charge is 0.251 e. The third-order valence-corrected chi connectivity index (χ3v) is 4.54. The van der Waals surface area contributed by atoms with Gasteiger partial charge in [0.1, 0.15) is 0 Å². The summed E-state index contributed by atoms with van der Waals surface area (Å²) in [5.41, 5.74) is 1.25. The van der Waals surface area contributed by atoms with E-state index in [1.165, 1.54) is 6.07 Å². The zero-order valence-electron chi connectivity index (χ0n) is 13.6. The number of likely N-dealkylation sites (tertiary alicyclic amines) is 1. The molecule has 1 amide bonds. The van der Waals surface area contributed by atoms with Gasteiger partial charge in [-0.15, -0.1) is 0 Å². The lowest BCUT2D eigenvalue weighted by molar-refractivity contribution is 0.0936. The number of hydrogen-bond acceptors (Lipinski definition) is 2. The second-order valence-corrected chi connectivity index (χ2v) is 6.14. The maximum absolute atomic E-state index is 13.3. The quantitative estimate of drug-likeness (QED) is 0.914. The van der Waals surface area contributed by atoms with E-state index in [4.69, 9.17) is 0 Å². The lowest BCUT2D eigenvalue weighted by Gasteiger charge is -2.28. The van der Waals surface area contributed by atoms with Crippen LogP contribution in [0.2, 0.25) is 0 Å². The summed E-state index contributed by atoms with van der Waals surface area (Å²) >= 11 is 0. The fourth-order valence-electron chi connectivity index (χ4n) is 3.22. The van der Waals surface area contributed by atoms with E-state index in [1.807, 2.05) is 29.9 Å². The maximum atomic E-state index is 13.3. The van der Waals surface area contributed by atoms with Gasteiger partial charge in [0, 0.05) is 31.0 Å². The van der Waals surface area contributed by atoms with Gasteiger partial charge in [-0.1, -0.05) is 0 Å². The van der Waals surface area contributed by atoms with Gasteiger partial charge in [0.2, 0.25) is 0 Å². The Hall–Kier alpha value is -2.21. The van der Waals surface area contributed by atoms with Crippen molar-refractivity contribution in [2.24, 2.45) is 7.05 Å². The Morgan fingerprint density at radius 3 is 2.58 bits per heavy atom. The number of aromatic nitrogens is 1. The Balaban J connectivity index is 1.72. The summed E-state index contributed by atoms with van der Waals surface area (Å²) in [6.45, 7) is 2.42. The van der Waals surface area contributed by atoms with Gasteiger partial charge in [-0.05, 0) is 56.3 Å². The highest BCUT2D eigenvalue weighted by Crippen LogP contribution is 2.24. The molecule has 3 rings (SSSR count). The SMILES string of the molecule is Cn1cccc1C(CNC(=O)c1ccc(F)c(F)c1)N1CCCC1. The minimum absolute atomic E-state index is 0.0711. The molecule has 24 heavy (non-hydrogen) atoms. The van der Waals surface area contributed by atoms with E-state index in [9.17, 15) is 13.6 Å². The third-order valence-electron chi connectivity index (χ3n) is 4.54. The van der Waals surface area contributed by atoms with Crippen LogP contribution in [0.4, 0.5) is 8.78 Å². The van der Waals surface area contributed by atoms with E-state index in [0.29, 0.717) is 6.54 Å². The van der Waals surface area contributed by atoms with Crippen molar-refractivity contribution in [3.8, 4) is 0 Å². The van der Waals surface area contributed by atoms with Gasteiger partial charge in [-0.3, -0.25) is 9.69 Å². The molecule has 1 fully saturated rings. The first-order chi connectivity index (χ1) is 11.6. The average molecular weight is 333 g/mol. The second-order valence-electron chi connectivity index (χ2n) is 6.14. The average Bonchev–Trinajstić information content (AvgIpc) is 3.23. The van der Waals surface area contributed by atoms with Crippen LogP contribution in [-0.4, -0.2) is 35.0 Å². The maximum Gasteiger partial charge on any atom is 0.251 e. The molecule has 2 aromatic rings. The van der Waals surface area contributed by atoms with E-state index in [2.05, 4.69) is 10.2 Å². The van der Waals surface area contributed by atoms with Crippen LogP contribution in [0.5, 0.6) is 0 Å². The van der Waals surface area contributed by atoms with Gasteiger partial charge in [-0.2, -0.15) is 0 Å². The normalized spacial score (nSPS) is 16.3. The van der Waals surface area contributed by atoms with E-state index in [-0.39, 0.29) is 11.6 Å². The first-order valence-electron chi connectivity index (χ1n) is 8.15. The Morgan fingerprint density at radius 1 is 1.21 bits per heavy atom. The number of nitrogens with one attached hydrogen (secondary N) is 1. The number of benzene rings is 1. The lowest BCUT2D eigenvalue weighted by atomic mass is 10.1. The van der Waals surface area contributed by atoms with Crippen LogP contribution in [0.25, 0.3) is 0 Å². The number of hydrogen-bond donors (Lipinski definition) is 1. The summed E-state index contributed by atoms with van der Waals surface area (Å²) in [6.07, 6.45) is 4.28. The molecule has 1 saturated heterocycles. The Bertz CT molecular complexity index is 723. The van der Waals surface area contributed by atoms with E-state index in [0.717, 1.165) is 43.8 Å². The molecule has 4 nitrogen and oxygen atoms in total. The van der Waals surface area contributed by atoms with Gasteiger partial charge >= 0.3 is 0 Å². The summed E-state index contributed by atoms with van der Waals surface area (Å²) in [7, 11) is 1.98. The third kappa shape index (κ3) is 3.48. The van der Waals surface area contributed by atoms with Crippen molar-refractivity contribution in [3.05, 3.63) is 59.4 Å².